The van der Waals surface area contributed by atoms with Crippen LogP contribution in [0.15, 0.2) is 54.6 Å². The Morgan fingerprint density at radius 1 is 1.09 bits per heavy atom. The second kappa shape index (κ2) is 5.73. The molecular formula is C20H21NO2. The number of methoxy groups -OCH3 is 1. The minimum absolute atomic E-state index is 0.273. The number of ether oxygens (including phenoxy) is 1. The Hall–Kier alpha value is -2.29. The number of nitrogens with zero attached hydrogens (tertiary/aromatic N) is 1. The smallest absolute Gasteiger partial charge is 0.226 e. The van der Waals surface area contributed by atoms with Crippen LogP contribution in [0.1, 0.15) is 17.5 Å². The van der Waals surface area contributed by atoms with Crippen molar-refractivity contribution in [2.24, 2.45) is 11.8 Å². The number of benzene rings is 2. The van der Waals surface area contributed by atoms with Crippen molar-refractivity contribution in [3.8, 4) is 5.75 Å². The highest BCUT2D eigenvalue weighted by Crippen LogP contribution is 2.51. The third-order valence-corrected chi connectivity index (χ3v) is 5.11. The molecule has 3 heteroatoms. The van der Waals surface area contributed by atoms with Gasteiger partial charge in [0.05, 0.1) is 7.11 Å². The normalized spacial score (nSPS) is 25.3. The molecule has 3 nitrogen and oxygen atoms in total. The lowest BCUT2D eigenvalue weighted by Gasteiger charge is -2.28. The van der Waals surface area contributed by atoms with E-state index in [4.69, 9.17) is 4.74 Å². The van der Waals surface area contributed by atoms with Crippen molar-refractivity contribution in [3.63, 3.8) is 0 Å². The monoisotopic (exact) mass is 307 g/mol. The Morgan fingerprint density at radius 3 is 2.65 bits per heavy atom. The van der Waals surface area contributed by atoms with Crippen LogP contribution in [0.3, 0.4) is 0 Å². The van der Waals surface area contributed by atoms with E-state index in [1.807, 2.05) is 24.3 Å². The molecule has 1 aliphatic carbocycles. The van der Waals surface area contributed by atoms with Gasteiger partial charge in [-0.3, -0.25) is 4.79 Å². The first-order valence-corrected chi connectivity index (χ1v) is 8.23. The van der Waals surface area contributed by atoms with Crippen LogP contribution in [0.4, 0.5) is 0 Å². The average Bonchev–Trinajstić information content (AvgIpc) is 3.34. The molecule has 2 aliphatic rings. The van der Waals surface area contributed by atoms with Gasteiger partial charge in [0.25, 0.3) is 0 Å². The molecule has 23 heavy (non-hydrogen) atoms. The number of likely N-dealkylation sites (tertiary alicyclic amines) is 1. The minimum atomic E-state index is 0.273. The second-order valence-corrected chi connectivity index (χ2v) is 6.58. The maximum atomic E-state index is 12.6. The van der Waals surface area contributed by atoms with E-state index in [-0.39, 0.29) is 5.92 Å². The minimum Gasteiger partial charge on any atom is -0.497 e. The Kier molecular flexibility index (Phi) is 3.56. The van der Waals surface area contributed by atoms with Crippen LogP contribution in [-0.2, 0) is 17.8 Å². The SMILES string of the molecule is COc1cccc(CN2C(=O)[C@@H]3C[C@@H]3[C@@H]2Cc2ccccc2)c1. The number of piperidine rings is 1. The third-order valence-electron chi connectivity index (χ3n) is 5.11. The van der Waals surface area contributed by atoms with Gasteiger partial charge >= 0.3 is 0 Å². The van der Waals surface area contributed by atoms with Crippen LogP contribution in [0.25, 0.3) is 0 Å². The van der Waals surface area contributed by atoms with E-state index in [9.17, 15) is 4.79 Å². The molecule has 1 aliphatic heterocycles. The van der Waals surface area contributed by atoms with Crippen molar-refractivity contribution in [2.45, 2.75) is 25.4 Å². The molecule has 118 valence electrons. The largest absolute Gasteiger partial charge is 0.497 e. The predicted molar refractivity (Wildman–Crippen MR) is 89.1 cm³/mol. The van der Waals surface area contributed by atoms with Gasteiger partial charge in [-0.15, -0.1) is 0 Å². The van der Waals surface area contributed by atoms with E-state index in [0.29, 0.717) is 24.4 Å². The van der Waals surface area contributed by atoms with Gasteiger partial charge in [0, 0.05) is 18.5 Å². The fourth-order valence-corrected chi connectivity index (χ4v) is 3.81. The summed E-state index contributed by atoms with van der Waals surface area (Å²) in [5.74, 6) is 2.00. The molecule has 2 fully saturated rings. The molecule has 1 saturated carbocycles. The van der Waals surface area contributed by atoms with Crippen molar-refractivity contribution < 1.29 is 9.53 Å². The molecule has 0 spiro atoms. The molecule has 4 rings (SSSR count). The van der Waals surface area contributed by atoms with Gasteiger partial charge in [-0.2, -0.15) is 0 Å². The summed E-state index contributed by atoms with van der Waals surface area (Å²) in [6.45, 7) is 0.681. The van der Waals surface area contributed by atoms with Crippen molar-refractivity contribution in [3.05, 3.63) is 65.7 Å². The standard InChI is InChI=1S/C20H21NO2/c1-23-16-9-5-8-15(10-16)13-21-19(17-12-18(17)20(21)22)11-14-6-3-2-4-7-14/h2-10,17-19H,11-13H2,1H3/t17-,18+,19-/m0/s1. The van der Waals surface area contributed by atoms with Crippen LogP contribution in [0.2, 0.25) is 0 Å². The van der Waals surface area contributed by atoms with Crippen LogP contribution in [-0.4, -0.2) is 24.0 Å². The van der Waals surface area contributed by atoms with Crippen molar-refractivity contribution in [2.75, 3.05) is 7.11 Å². The summed E-state index contributed by atoms with van der Waals surface area (Å²) < 4.78 is 5.30. The highest BCUT2D eigenvalue weighted by atomic mass is 16.5. The lowest BCUT2D eigenvalue weighted by molar-refractivity contribution is -0.132. The Bertz CT molecular complexity index is 713. The van der Waals surface area contributed by atoms with Gasteiger partial charge in [0.2, 0.25) is 5.91 Å². The Labute approximate surface area is 136 Å². The first kappa shape index (κ1) is 14.3. The Morgan fingerprint density at radius 2 is 1.87 bits per heavy atom. The first-order valence-electron chi connectivity index (χ1n) is 8.23. The maximum Gasteiger partial charge on any atom is 0.226 e. The van der Waals surface area contributed by atoms with Gasteiger partial charge in [-0.1, -0.05) is 42.5 Å². The fourth-order valence-electron chi connectivity index (χ4n) is 3.81. The quantitative estimate of drug-likeness (QED) is 0.848. The second-order valence-electron chi connectivity index (χ2n) is 6.58. The molecule has 3 atom stereocenters. The number of hydrogen-bond donors (Lipinski definition) is 0. The van der Waals surface area contributed by atoms with Gasteiger partial charge in [-0.25, -0.2) is 0 Å². The van der Waals surface area contributed by atoms with E-state index in [1.165, 1.54) is 5.56 Å². The van der Waals surface area contributed by atoms with E-state index in [1.54, 1.807) is 7.11 Å². The van der Waals surface area contributed by atoms with E-state index in [0.717, 1.165) is 24.2 Å². The molecule has 0 bridgehead atoms. The fraction of sp³-hybridized carbons (Fsp3) is 0.350. The van der Waals surface area contributed by atoms with Crippen LogP contribution < -0.4 is 4.74 Å². The molecule has 1 amide bonds. The molecule has 1 heterocycles. The van der Waals surface area contributed by atoms with Crippen LogP contribution >= 0.6 is 0 Å². The van der Waals surface area contributed by atoms with Crippen molar-refractivity contribution >= 4 is 5.91 Å². The summed E-state index contributed by atoms with van der Waals surface area (Å²) in [6.07, 6.45) is 2.03. The summed E-state index contributed by atoms with van der Waals surface area (Å²) in [5.41, 5.74) is 2.45. The Balaban J connectivity index is 1.54. The number of rotatable bonds is 5. The molecule has 0 unspecified atom stereocenters. The highest BCUT2D eigenvalue weighted by molar-refractivity contribution is 5.85. The number of amides is 1. The summed E-state index contributed by atoms with van der Waals surface area (Å²) in [5, 5.41) is 0. The van der Waals surface area contributed by atoms with Gasteiger partial charge in [0.15, 0.2) is 0 Å². The predicted octanol–water partition coefficient (Wildman–Crippen LogP) is 3.28. The molecule has 1 saturated heterocycles. The molecule has 0 radical (unpaired) electrons. The van der Waals surface area contributed by atoms with Gasteiger partial charge in [-0.05, 0) is 42.0 Å². The molecule has 0 aromatic heterocycles. The number of carbonyl (C=O) groups excluding carboxylic acids is 1. The highest BCUT2D eigenvalue weighted by Gasteiger charge is 2.58. The van der Waals surface area contributed by atoms with Gasteiger partial charge < -0.3 is 9.64 Å². The topological polar surface area (TPSA) is 29.5 Å². The lowest BCUT2D eigenvalue weighted by Crippen LogP contribution is -2.37. The van der Waals surface area contributed by atoms with Gasteiger partial charge in [0.1, 0.15) is 5.75 Å². The van der Waals surface area contributed by atoms with E-state index in [2.05, 4.69) is 35.2 Å². The molecular weight excluding hydrogens is 286 g/mol. The number of hydrogen-bond acceptors (Lipinski definition) is 2. The number of fused-ring (bicyclic) bond motifs is 1. The van der Waals surface area contributed by atoms with Crippen molar-refractivity contribution in [1.82, 2.24) is 4.90 Å². The summed E-state index contributed by atoms with van der Waals surface area (Å²) in [7, 11) is 1.67. The molecule has 0 N–H and O–H groups in total. The van der Waals surface area contributed by atoms with Crippen molar-refractivity contribution in [1.29, 1.82) is 0 Å². The summed E-state index contributed by atoms with van der Waals surface area (Å²) in [6, 6.07) is 18.9. The molecule has 2 aromatic carbocycles. The zero-order valence-electron chi connectivity index (χ0n) is 13.3. The number of carbonyl (C=O) groups is 1. The average molecular weight is 307 g/mol. The maximum absolute atomic E-state index is 12.6. The summed E-state index contributed by atoms with van der Waals surface area (Å²) in [4.78, 5) is 14.7. The summed E-state index contributed by atoms with van der Waals surface area (Å²) >= 11 is 0. The van der Waals surface area contributed by atoms with Crippen LogP contribution in [0, 0.1) is 11.8 Å². The zero-order valence-corrected chi connectivity index (χ0v) is 13.3. The third kappa shape index (κ3) is 2.72. The van der Waals surface area contributed by atoms with Crippen LogP contribution in [0.5, 0.6) is 5.75 Å². The van der Waals surface area contributed by atoms with E-state index >= 15 is 0 Å². The zero-order chi connectivity index (χ0) is 15.8. The first-order chi connectivity index (χ1) is 11.3. The van der Waals surface area contributed by atoms with E-state index < -0.39 is 0 Å². The molecule has 2 aromatic rings. The lowest BCUT2D eigenvalue weighted by atomic mass is 10.0.